The fourth-order valence-electron chi connectivity index (χ4n) is 3.16. The number of carbonyl (C=O) groups is 1. The van der Waals surface area contributed by atoms with Gasteiger partial charge in [0.05, 0.1) is 18.2 Å². The third kappa shape index (κ3) is 4.48. The van der Waals surface area contributed by atoms with Crippen molar-refractivity contribution in [1.82, 2.24) is 5.32 Å². The van der Waals surface area contributed by atoms with Crippen molar-refractivity contribution in [2.75, 3.05) is 7.11 Å². The molecule has 0 aliphatic carbocycles. The predicted molar refractivity (Wildman–Crippen MR) is 105 cm³/mol. The molecule has 0 saturated heterocycles. The number of benzene rings is 2. The molecule has 5 nitrogen and oxygen atoms in total. The summed E-state index contributed by atoms with van der Waals surface area (Å²) in [6.07, 6.45) is -0.0533. The van der Waals surface area contributed by atoms with E-state index in [0.29, 0.717) is 17.2 Å². The predicted octanol–water partition coefficient (Wildman–Crippen LogP) is 4.53. The fourth-order valence-corrected chi connectivity index (χ4v) is 3.34. The van der Waals surface area contributed by atoms with Crippen molar-refractivity contribution in [2.45, 2.75) is 44.9 Å². The van der Waals surface area contributed by atoms with Gasteiger partial charge in [0.15, 0.2) is 6.10 Å². The lowest BCUT2D eigenvalue weighted by Gasteiger charge is -2.38. The minimum atomic E-state index is -0.690. The fraction of sp³-hybridized carbons (Fsp3) is 0.381. The highest BCUT2D eigenvalue weighted by atomic mass is 35.5. The van der Waals surface area contributed by atoms with E-state index in [1.54, 1.807) is 26.2 Å². The average Bonchev–Trinajstić information content (AvgIpc) is 2.62. The van der Waals surface area contributed by atoms with E-state index in [2.05, 4.69) is 5.32 Å². The Balaban J connectivity index is 1.78. The second-order valence-electron chi connectivity index (χ2n) is 7.22. The SMILES string of the molecule is COc1ccc2c(c1)[C@H](NC(=O)[C@@H](C)Oc1ccccc1Cl)CC(C)(C)O2. The second-order valence-corrected chi connectivity index (χ2v) is 7.63. The first kappa shape index (κ1) is 19.4. The van der Waals surface area contributed by atoms with Crippen molar-refractivity contribution in [2.24, 2.45) is 0 Å². The van der Waals surface area contributed by atoms with Crippen LogP contribution in [0.1, 0.15) is 38.8 Å². The Kier molecular flexibility index (Phi) is 5.51. The monoisotopic (exact) mass is 389 g/mol. The van der Waals surface area contributed by atoms with Gasteiger partial charge in [-0.2, -0.15) is 0 Å². The number of hydrogen-bond donors (Lipinski definition) is 1. The standard InChI is InChI=1S/C21H24ClNO4/c1-13(26-19-8-6-5-7-16(19)22)20(24)23-17-12-21(2,3)27-18-10-9-14(25-4)11-15(17)18/h5-11,13,17H,12H2,1-4H3,(H,23,24)/t13-,17-/m1/s1. The van der Waals surface area contributed by atoms with Crippen LogP contribution >= 0.6 is 11.6 Å². The van der Waals surface area contributed by atoms with Gasteiger partial charge in [-0.05, 0) is 51.1 Å². The number of methoxy groups -OCH3 is 1. The van der Waals surface area contributed by atoms with Crippen molar-refractivity contribution in [3.8, 4) is 17.2 Å². The molecule has 3 rings (SSSR count). The Morgan fingerprint density at radius 2 is 2.04 bits per heavy atom. The minimum absolute atomic E-state index is 0.205. The lowest BCUT2D eigenvalue weighted by Crippen LogP contribution is -2.44. The Bertz CT molecular complexity index is 837. The van der Waals surface area contributed by atoms with E-state index in [1.165, 1.54) is 0 Å². The molecule has 144 valence electrons. The lowest BCUT2D eigenvalue weighted by molar-refractivity contribution is -0.128. The first-order valence-corrected chi connectivity index (χ1v) is 9.25. The van der Waals surface area contributed by atoms with Crippen molar-refractivity contribution in [1.29, 1.82) is 0 Å². The van der Waals surface area contributed by atoms with Gasteiger partial charge in [0.2, 0.25) is 0 Å². The Morgan fingerprint density at radius 1 is 1.30 bits per heavy atom. The highest BCUT2D eigenvalue weighted by molar-refractivity contribution is 6.32. The molecule has 27 heavy (non-hydrogen) atoms. The molecule has 1 aliphatic heterocycles. The van der Waals surface area contributed by atoms with E-state index in [4.69, 9.17) is 25.8 Å². The van der Waals surface area contributed by atoms with Crippen LogP contribution in [0.4, 0.5) is 0 Å². The topological polar surface area (TPSA) is 56.8 Å². The summed E-state index contributed by atoms with van der Waals surface area (Å²) in [5.41, 5.74) is 0.499. The maximum absolute atomic E-state index is 12.8. The van der Waals surface area contributed by atoms with Gasteiger partial charge in [-0.25, -0.2) is 0 Å². The van der Waals surface area contributed by atoms with Crippen LogP contribution in [0, 0.1) is 0 Å². The van der Waals surface area contributed by atoms with Crippen LogP contribution in [-0.2, 0) is 4.79 Å². The van der Waals surface area contributed by atoms with Gasteiger partial charge in [-0.15, -0.1) is 0 Å². The van der Waals surface area contributed by atoms with Crippen LogP contribution in [0.3, 0.4) is 0 Å². The van der Waals surface area contributed by atoms with Crippen LogP contribution in [0.2, 0.25) is 5.02 Å². The van der Waals surface area contributed by atoms with Gasteiger partial charge in [0, 0.05) is 12.0 Å². The Hall–Kier alpha value is -2.40. The first-order valence-electron chi connectivity index (χ1n) is 8.87. The molecule has 2 aromatic rings. The van der Waals surface area contributed by atoms with E-state index in [9.17, 15) is 4.79 Å². The van der Waals surface area contributed by atoms with Crippen molar-refractivity contribution < 1.29 is 19.0 Å². The number of hydrogen-bond acceptors (Lipinski definition) is 4. The van der Waals surface area contributed by atoms with Gasteiger partial charge in [-0.1, -0.05) is 23.7 Å². The Morgan fingerprint density at radius 3 is 2.74 bits per heavy atom. The van der Waals surface area contributed by atoms with E-state index in [0.717, 1.165) is 17.1 Å². The third-order valence-electron chi connectivity index (χ3n) is 4.50. The largest absolute Gasteiger partial charge is 0.497 e. The van der Waals surface area contributed by atoms with Crippen molar-refractivity contribution in [3.05, 3.63) is 53.1 Å². The molecular weight excluding hydrogens is 366 g/mol. The summed E-state index contributed by atoms with van der Waals surface area (Å²) in [4.78, 5) is 12.8. The smallest absolute Gasteiger partial charge is 0.261 e. The van der Waals surface area contributed by atoms with Gasteiger partial charge in [0.1, 0.15) is 22.8 Å². The van der Waals surface area contributed by atoms with Crippen LogP contribution < -0.4 is 19.5 Å². The van der Waals surface area contributed by atoms with Crippen LogP contribution in [0.15, 0.2) is 42.5 Å². The zero-order chi connectivity index (χ0) is 19.6. The van der Waals surface area contributed by atoms with Crippen LogP contribution in [0.5, 0.6) is 17.2 Å². The second kappa shape index (κ2) is 7.69. The molecule has 1 N–H and O–H groups in total. The average molecular weight is 390 g/mol. The summed E-state index contributed by atoms with van der Waals surface area (Å²) in [5, 5.41) is 3.55. The number of fused-ring (bicyclic) bond motifs is 1. The van der Waals surface area contributed by atoms with Crippen molar-refractivity contribution >= 4 is 17.5 Å². The molecule has 1 aliphatic rings. The summed E-state index contributed by atoms with van der Waals surface area (Å²) < 4.78 is 17.1. The highest BCUT2D eigenvalue weighted by Crippen LogP contribution is 2.41. The summed E-state index contributed by atoms with van der Waals surface area (Å²) in [6, 6.07) is 12.5. The quantitative estimate of drug-likeness (QED) is 0.815. The summed E-state index contributed by atoms with van der Waals surface area (Å²) in [6.45, 7) is 5.71. The molecule has 0 spiro atoms. The highest BCUT2D eigenvalue weighted by Gasteiger charge is 2.35. The van der Waals surface area contributed by atoms with Gasteiger partial charge >= 0.3 is 0 Å². The van der Waals surface area contributed by atoms with Crippen LogP contribution in [0.25, 0.3) is 0 Å². The molecule has 2 aromatic carbocycles. The number of nitrogens with one attached hydrogen (secondary N) is 1. The zero-order valence-corrected chi connectivity index (χ0v) is 16.7. The van der Waals surface area contributed by atoms with E-state index < -0.39 is 11.7 Å². The van der Waals surface area contributed by atoms with Crippen molar-refractivity contribution in [3.63, 3.8) is 0 Å². The zero-order valence-electron chi connectivity index (χ0n) is 15.9. The molecule has 1 amide bonds. The van der Waals surface area contributed by atoms with E-state index in [-0.39, 0.29) is 11.9 Å². The summed E-state index contributed by atoms with van der Waals surface area (Å²) in [7, 11) is 1.61. The molecule has 0 unspecified atom stereocenters. The number of amides is 1. The number of carbonyl (C=O) groups excluding carboxylic acids is 1. The minimum Gasteiger partial charge on any atom is -0.497 e. The van der Waals surface area contributed by atoms with Gasteiger partial charge in [0.25, 0.3) is 5.91 Å². The molecule has 0 fully saturated rings. The third-order valence-corrected chi connectivity index (χ3v) is 4.81. The first-order chi connectivity index (χ1) is 12.8. The van der Waals surface area contributed by atoms with E-state index >= 15 is 0 Å². The molecule has 0 saturated carbocycles. The molecule has 0 aromatic heterocycles. The number of ether oxygens (including phenoxy) is 3. The summed E-state index contributed by atoms with van der Waals surface area (Å²) >= 11 is 6.12. The maximum Gasteiger partial charge on any atom is 0.261 e. The summed E-state index contributed by atoms with van der Waals surface area (Å²) in [5.74, 6) is 1.73. The molecule has 0 bridgehead atoms. The number of halogens is 1. The van der Waals surface area contributed by atoms with Gasteiger partial charge in [-0.3, -0.25) is 4.79 Å². The normalized spacial score (nSPS) is 18.6. The number of rotatable bonds is 5. The number of para-hydroxylation sites is 1. The molecule has 2 atom stereocenters. The maximum atomic E-state index is 12.8. The van der Waals surface area contributed by atoms with Gasteiger partial charge < -0.3 is 19.5 Å². The van der Waals surface area contributed by atoms with E-state index in [1.807, 2.05) is 44.2 Å². The lowest BCUT2D eigenvalue weighted by atomic mass is 9.89. The molecule has 1 heterocycles. The Labute approximate surface area is 164 Å². The molecule has 0 radical (unpaired) electrons. The van der Waals surface area contributed by atoms with Crippen LogP contribution in [-0.4, -0.2) is 24.7 Å². The molecular formula is C21H24ClNO4. The molecule has 6 heteroatoms.